The molecule has 0 radical (unpaired) electrons. The van der Waals surface area contributed by atoms with Crippen molar-refractivity contribution in [1.82, 2.24) is 0 Å². The van der Waals surface area contributed by atoms with Crippen LogP contribution in [0.2, 0.25) is 0 Å². The number of hydrogen-bond donors (Lipinski definition) is 0. The third-order valence-electron chi connectivity index (χ3n) is 3.18. The van der Waals surface area contributed by atoms with Gasteiger partial charge in [0.1, 0.15) is 0 Å². The number of anilines is 1. The van der Waals surface area contributed by atoms with Crippen LogP contribution in [0.1, 0.15) is 31.2 Å². The number of aryl methyl sites for hydroxylation is 1. The minimum absolute atomic E-state index is 0.00315. The molecule has 1 aliphatic heterocycles. The van der Waals surface area contributed by atoms with Crippen molar-refractivity contribution < 1.29 is 14.7 Å². The molecule has 0 saturated carbocycles. The molecule has 1 aliphatic rings. The number of carboxylic acids is 1. The van der Waals surface area contributed by atoms with E-state index in [4.69, 9.17) is 0 Å². The average Bonchev–Trinajstić information content (AvgIpc) is 2.37. The van der Waals surface area contributed by atoms with Crippen LogP contribution in [0.5, 0.6) is 0 Å². The highest BCUT2D eigenvalue weighted by Crippen LogP contribution is 2.27. The summed E-state index contributed by atoms with van der Waals surface area (Å²) >= 11 is 0. The molecule has 0 spiro atoms. The molecule has 0 aliphatic carbocycles. The van der Waals surface area contributed by atoms with Crippen molar-refractivity contribution in [3.8, 4) is 0 Å². The highest BCUT2D eigenvalue weighted by atomic mass is 16.4. The number of benzene rings is 1. The van der Waals surface area contributed by atoms with E-state index in [9.17, 15) is 14.7 Å². The van der Waals surface area contributed by atoms with Gasteiger partial charge in [-0.3, -0.25) is 4.79 Å². The van der Waals surface area contributed by atoms with Gasteiger partial charge in [-0.15, -0.1) is 0 Å². The summed E-state index contributed by atoms with van der Waals surface area (Å²) in [6, 6.07) is 7.88. The van der Waals surface area contributed by atoms with E-state index in [1.165, 1.54) is 5.56 Å². The Labute approximate surface area is 106 Å². The van der Waals surface area contributed by atoms with Crippen LogP contribution in [0, 0.1) is 0 Å². The molecular weight excluding hydrogens is 230 g/mol. The highest BCUT2D eigenvalue weighted by molar-refractivity contribution is 5.94. The Kier molecular flexibility index (Phi) is 3.97. The molecule has 1 amide bonds. The Morgan fingerprint density at radius 2 is 2.00 bits per heavy atom. The van der Waals surface area contributed by atoms with Gasteiger partial charge in [0.2, 0.25) is 5.91 Å². The van der Waals surface area contributed by atoms with Crippen molar-refractivity contribution in [1.29, 1.82) is 0 Å². The predicted octanol–water partition coefficient (Wildman–Crippen LogP) is 0.886. The minimum Gasteiger partial charge on any atom is -0.550 e. The lowest BCUT2D eigenvalue weighted by Crippen LogP contribution is -2.35. The SMILES string of the molecule is O=C([O-])CCCC(=O)N1CCCc2ccccc21. The van der Waals surface area contributed by atoms with Gasteiger partial charge in [0, 0.05) is 24.6 Å². The van der Waals surface area contributed by atoms with Gasteiger partial charge in [-0.1, -0.05) is 18.2 Å². The van der Waals surface area contributed by atoms with Gasteiger partial charge in [-0.2, -0.15) is 0 Å². The van der Waals surface area contributed by atoms with Crippen molar-refractivity contribution in [3.63, 3.8) is 0 Å². The molecule has 0 fully saturated rings. The van der Waals surface area contributed by atoms with Crippen molar-refractivity contribution in [3.05, 3.63) is 29.8 Å². The molecule has 96 valence electrons. The van der Waals surface area contributed by atoms with Gasteiger partial charge in [0.15, 0.2) is 0 Å². The Hall–Kier alpha value is -1.84. The zero-order chi connectivity index (χ0) is 13.0. The number of carbonyl (C=O) groups excluding carboxylic acids is 2. The summed E-state index contributed by atoms with van der Waals surface area (Å²) in [6.07, 6.45) is 2.52. The fraction of sp³-hybridized carbons (Fsp3) is 0.429. The summed E-state index contributed by atoms with van der Waals surface area (Å²) in [5.74, 6) is -1.09. The summed E-state index contributed by atoms with van der Waals surface area (Å²) in [6.45, 7) is 0.723. The first-order valence-electron chi connectivity index (χ1n) is 6.26. The Bertz CT molecular complexity index is 456. The number of nitrogens with zero attached hydrogens (tertiary/aromatic N) is 1. The van der Waals surface area contributed by atoms with Crippen LogP contribution in [0.25, 0.3) is 0 Å². The van der Waals surface area contributed by atoms with Gasteiger partial charge in [-0.25, -0.2) is 0 Å². The van der Waals surface area contributed by atoms with Crippen LogP contribution in [0.3, 0.4) is 0 Å². The van der Waals surface area contributed by atoms with Crippen LogP contribution in [-0.4, -0.2) is 18.4 Å². The van der Waals surface area contributed by atoms with E-state index in [1.54, 1.807) is 4.90 Å². The molecular formula is C14H16NO3-. The van der Waals surface area contributed by atoms with Gasteiger partial charge >= 0.3 is 0 Å². The first-order valence-corrected chi connectivity index (χ1v) is 6.26. The molecule has 2 rings (SSSR count). The molecule has 0 bridgehead atoms. The molecule has 1 aromatic rings. The lowest BCUT2D eigenvalue weighted by molar-refractivity contribution is -0.305. The second-order valence-corrected chi connectivity index (χ2v) is 4.50. The number of aliphatic carboxylic acids is 1. The number of para-hydroxylation sites is 1. The zero-order valence-electron chi connectivity index (χ0n) is 10.2. The molecule has 0 saturated heterocycles. The third-order valence-corrected chi connectivity index (χ3v) is 3.18. The van der Waals surface area contributed by atoms with Gasteiger partial charge in [0.25, 0.3) is 0 Å². The number of amides is 1. The highest BCUT2D eigenvalue weighted by Gasteiger charge is 2.21. The van der Waals surface area contributed by atoms with E-state index in [2.05, 4.69) is 0 Å². The fourth-order valence-corrected chi connectivity index (χ4v) is 2.31. The third kappa shape index (κ3) is 2.88. The van der Waals surface area contributed by atoms with Crippen LogP contribution in [0.4, 0.5) is 5.69 Å². The predicted molar refractivity (Wildman–Crippen MR) is 66.0 cm³/mol. The van der Waals surface area contributed by atoms with E-state index >= 15 is 0 Å². The van der Waals surface area contributed by atoms with Crippen LogP contribution in [-0.2, 0) is 16.0 Å². The monoisotopic (exact) mass is 246 g/mol. The maximum Gasteiger partial charge on any atom is 0.226 e. The number of carbonyl (C=O) groups is 2. The molecule has 0 N–H and O–H groups in total. The second kappa shape index (κ2) is 5.67. The van der Waals surface area contributed by atoms with E-state index in [0.717, 1.165) is 25.1 Å². The summed E-state index contributed by atoms with van der Waals surface area (Å²) in [5.41, 5.74) is 2.17. The molecule has 18 heavy (non-hydrogen) atoms. The lowest BCUT2D eigenvalue weighted by atomic mass is 10.0. The van der Waals surface area contributed by atoms with Gasteiger partial charge < -0.3 is 14.8 Å². The zero-order valence-corrected chi connectivity index (χ0v) is 10.2. The standard InChI is InChI=1S/C14H17NO3/c16-13(8-3-9-14(17)18)15-10-4-6-11-5-1-2-7-12(11)15/h1-2,5,7H,3-4,6,8-10H2,(H,17,18)/p-1. The number of fused-ring (bicyclic) bond motifs is 1. The maximum atomic E-state index is 12.1. The topological polar surface area (TPSA) is 60.4 Å². The Morgan fingerprint density at radius 1 is 1.22 bits per heavy atom. The molecule has 0 unspecified atom stereocenters. The maximum absolute atomic E-state index is 12.1. The van der Waals surface area contributed by atoms with Gasteiger partial charge in [0.05, 0.1) is 0 Å². The number of hydrogen-bond acceptors (Lipinski definition) is 3. The molecule has 4 heteroatoms. The van der Waals surface area contributed by atoms with E-state index in [-0.39, 0.29) is 18.7 Å². The number of carboxylic acid groups (broad SMARTS) is 1. The molecule has 1 heterocycles. The Morgan fingerprint density at radius 3 is 2.78 bits per heavy atom. The first kappa shape index (κ1) is 12.6. The quantitative estimate of drug-likeness (QED) is 0.792. The molecule has 0 atom stereocenters. The molecule has 4 nitrogen and oxygen atoms in total. The van der Waals surface area contributed by atoms with E-state index in [1.807, 2.05) is 24.3 Å². The van der Waals surface area contributed by atoms with Crippen LogP contribution >= 0.6 is 0 Å². The normalized spacial score (nSPS) is 14.1. The molecule has 1 aromatic carbocycles. The van der Waals surface area contributed by atoms with E-state index < -0.39 is 5.97 Å². The van der Waals surface area contributed by atoms with Crippen molar-refractivity contribution in [2.75, 3.05) is 11.4 Å². The largest absolute Gasteiger partial charge is 0.550 e. The van der Waals surface area contributed by atoms with Crippen molar-refractivity contribution in [2.24, 2.45) is 0 Å². The summed E-state index contributed by atoms with van der Waals surface area (Å²) < 4.78 is 0. The lowest BCUT2D eigenvalue weighted by Gasteiger charge is -2.29. The summed E-state index contributed by atoms with van der Waals surface area (Å²) in [5, 5.41) is 10.3. The van der Waals surface area contributed by atoms with Crippen molar-refractivity contribution in [2.45, 2.75) is 32.1 Å². The average molecular weight is 246 g/mol. The smallest absolute Gasteiger partial charge is 0.226 e. The minimum atomic E-state index is -1.10. The van der Waals surface area contributed by atoms with E-state index in [0.29, 0.717) is 6.42 Å². The van der Waals surface area contributed by atoms with Crippen LogP contribution < -0.4 is 10.0 Å². The second-order valence-electron chi connectivity index (χ2n) is 4.50. The Balaban J connectivity index is 2.01. The summed E-state index contributed by atoms with van der Waals surface area (Å²) in [7, 11) is 0. The fourth-order valence-electron chi connectivity index (χ4n) is 2.31. The summed E-state index contributed by atoms with van der Waals surface area (Å²) in [4.78, 5) is 24.1. The number of rotatable bonds is 4. The first-order chi connectivity index (χ1) is 8.68. The molecule has 0 aromatic heterocycles. The van der Waals surface area contributed by atoms with Crippen molar-refractivity contribution >= 4 is 17.6 Å². The van der Waals surface area contributed by atoms with Crippen LogP contribution in [0.15, 0.2) is 24.3 Å². The van der Waals surface area contributed by atoms with Gasteiger partial charge in [-0.05, 0) is 37.3 Å².